The number of benzene rings is 1. The molecule has 6 nitrogen and oxygen atoms in total. The van der Waals surface area contributed by atoms with Crippen LogP contribution in [-0.2, 0) is 4.79 Å². The first kappa shape index (κ1) is 16.0. The van der Waals surface area contributed by atoms with Crippen molar-refractivity contribution < 1.29 is 13.9 Å². The number of rotatable bonds is 5. The molecule has 3 rings (SSSR count). The first-order valence-electron chi connectivity index (χ1n) is 6.38. The molecule has 118 valence electrons. The van der Waals surface area contributed by atoms with Crippen LogP contribution in [0, 0.1) is 0 Å². The fourth-order valence-corrected chi connectivity index (χ4v) is 2.67. The minimum atomic E-state index is -0.330. The molecule has 2 aromatic heterocycles. The molecule has 0 aliphatic rings. The summed E-state index contributed by atoms with van der Waals surface area (Å²) >= 11 is 10.1. The number of anilines is 1. The van der Waals surface area contributed by atoms with Crippen molar-refractivity contribution in [2.45, 2.75) is 0 Å². The molecular weight excluding hydrogens is 406 g/mol. The Morgan fingerprint density at radius 2 is 2.09 bits per heavy atom. The molecule has 0 radical (unpaired) electrons. The summed E-state index contributed by atoms with van der Waals surface area (Å²) in [5.41, 5.74) is 0. The topological polar surface area (TPSA) is 77.2 Å². The van der Waals surface area contributed by atoms with E-state index < -0.39 is 0 Å². The molecule has 0 unspecified atom stereocenters. The number of halogens is 2. The second kappa shape index (κ2) is 7.12. The lowest BCUT2D eigenvalue weighted by Crippen LogP contribution is -2.20. The van der Waals surface area contributed by atoms with Gasteiger partial charge in [0.1, 0.15) is 5.75 Å². The number of furan rings is 1. The van der Waals surface area contributed by atoms with Gasteiger partial charge >= 0.3 is 0 Å². The Hall–Kier alpha value is -1.90. The van der Waals surface area contributed by atoms with E-state index in [-0.39, 0.29) is 12.5 Å². The zero-order chi connectivity index (χ0) is 16.2. The number of ether oxygens (including phenoxy) is 1. The van der Waals surface area contributed by atoms with Gasteiger partial charge in [-0.05, 0) is 52.3 Å². The van der Waals surface area contributed by atoms with Crippen LogP contribution in [0.4, 0.5) is 5.13 Å². The minimum absolute atomic E-state index is 0.136. The Bertz CT molecular complexity index is 819. The molecular formula is C14H9BrClN3O3S. The molecule has 0 fully saturated rings. The molecule has 1 aromatic carbocycles. The number of nitrogens with zero attached hydrogens (tertiary/aromatic N) is 2. The van der Waals surface area contributed by atoms with Gasteiger partial charge in [0.15, 0.2) is 17.0 Å². The third-order valence-electron chi connectivity index (χ3n) is 2.65. The molecule has 2 heterocycles. The van der Waals surface area contributed by atoms with Crippen LogP contribution < -0.4 is 10.1 Å². The largest absolute Gasteiger partial charge is 0.484 e. The zero-order valence-electron chi connectivity index (χ0n) is 11.5. The predicted octanol–water partition coefficient (Wildman–Crippen LogP) is 4.23. The van der Waals surface area contributed by atoms with E-state index in [4.69, 9.17) is 20.8 Å². The molecule has 0 aliphatic carbocycles. The first-order chi connectivity index (χ1) is 11.1. The molecule has 3 aromatic rings. The highest BCUT2D eigenvalue weighted by molar-refractivity contribution is 9.10. The van der Waals surface area contributed by atoms with Gasteiger partial charge in [0.25, 0.3) is 5.91 Å². The van der Waals surface area contributed by atoms with Gasteiger partial charge in [0.2, 0.25) is 11.0 Å². The van der Waals surface area contributed by atoms with Crippen LogP contribution in [0.1, 0.15) is 0 Å². The standard InChI is InChI=1S/C14H9BrClN3O3S/c15-11-6-5-10(22-11)13-18-14(23-19-13)17-12(20)7-21-9-3-1-8(16)2-4-9/h1-6H,7H2,(H,17,18,19,20). The van der Waals surface area contributed by atoms with Crippen molar-refractivity contribution in [2.24, 2.45) is 0 Å². The molecule has 0 saturated carbocycles. The summed E-state index contributed by atoms with van der Waals surface area (Å²) in [6.45, 7) is -0.136. The summed E-state index contributed by atoms with van der Waals surface area (Å²) in [7, 11) is 0. The minimum Gasteiger partial charge on any atom is -0.484 e. The third kappa shape index (κ3) is 4.31. The van der Waals surface area contributed by atoms with Crippen molar-refractivity contribution >= 4 is 50.1 Å². The van der Waals surface area contributed by atoms with Gasteiger partial charge in [-0.3, -0.25) is 10.1 Å². The lowest BCUT2D eigenvalue weighted by atomic mass is 10.3. The van der Waals surface area contributed by atoms with Gasteiger partial charge in [-0.2, -0.15) is 9.36 Å². The van der Waals surface area contributed by atoms with E-state index in [2.05, 4.69) is 30.6 Å². The quantitative estimate of drug-likeness (QED) is 0.676. The summed E-state index contributed by atoms with van der Waals surface area (Å²) in [6.07, 6.45) is 0. The lowest BCUT2D eigenvalue weighted by Gasteiger charge is -2.05. The molecule has 9 heteroatoms. The van der Waals surface area contributed by atoms with Crippen LogP contribution in [-0.4, -0.2) is 21.9 Å². The van der Waals surface area contributed by atoms with E-state index in [1.165, 1.54) is 0 Å². The van der Waals surface area contributed by atoms with E-state index >= 15 is 0 Å². The molecule has 0 atom stereocenters. The Balaban J connectivity index is 1.56. The maximum atomic E-state index is 11.8. The van der Waals surface area contributed by atoms with Crippen molar-refractivity contribution in [1.82, 2.24) is 9.36 Å². The van der Waals surface area contributed by atoms with E-state index in [0.29, 0.717) is 32.2 Å². The summed E-state index contributed by atoms with van der Waals surface area (Å²) in [5.74, 6) is 1.16. The van der Waals surface area contributed by atoms with Crippen molar-refractivity contribution in [3.8, 4) is 17.3 Å². The number of hydrogen-bond donors (Lipinski definition) is 1. The van der Waals surface area contributed by atoms with E-state index in [9.17, 15) is 4.79 Å². The van der Waals surface area contributed by atoms with Gasteiger partial charge in [-0.1, -0.05) is 11.6 Å². The third-order valence-corrected chi connectivity index (χ3v) is 3.96. The Labute approximate surface area is 148 Å². The maximum Gasteiger partial charge on any atom is 0.264 e. The monoisotopic (exact) mass is 413 g/mol. The fourth-order valence-electron chi connectivity index (χ4n) is 1.64. The van der Waals surface area contributed by atoms with Crippen LogP contribution in [0.25, 0.3) is 11.6 Å². The van der Waals surface area contributed by atoms with Gasteiger partial charge in [0, 0.05) is 16.6 Å². The highest BCUT2D eigenvalue weighted by atomic mass is 79.9. The summed E-state index contributed by atoms with van der Waals surface area (Å²) < 4.78 is 15.4. The molecule has 0 saturated heterocycles. The van der Waals surface area contributed by atoms with E-state index in [1.807, 2.05) is 0 Å². The Kier molecular flexibility index (Phi) is 4.94. The average molecular weight is 415 g/mol. The van der Waals surface area contributed by atoms with Gasteiger partial charge in [0.05, 0.1) is 0 Å². The molecule has 23 heavy (non-hydrogen) atoms. The molecule has 0 aliphatic heterocycles. The summed E-state index contributed by atoms with van der Waals surface area (Å²) in [5, 5.41) is 3.60. The second-order valence-electron chi connectivity index (χ2n) is 4.32. The second-order valence-corrected chi connectivity index (χ2v) is 6.29. The normalized spacial score (nSPS) is 10.5. The van der Waals surface area contributed by atoms with Crippen molar-refractivity contribution in [1.29, 1.82) is 0 Å². The number of hydrogen-bond acceptors (Lipinski definition) is 6. The lowest BCUT2D eigenvalue weighted by molar-refractivity contribution is -0.118. The summed E-state index contributed by atoms with van der Waals surface area (Å²) in [4.78, 5) is 16.0. The molecule has 0 spiro atoms. The van der Waals surface area contributed by atoms with Crippen LogP contribution >= 0.6 is 39.1 Å². The van der Waals surface area contributed by atoms with Gasteiger partial charge in [-0.15, -0.1) is 0 Å². The molecule has 1 amide bonds. The average Bonchev–Trinajstić information content (AvgIpc) is 3.16. The molecule has 1 N–H and O–H groups in total. The van der Waals surface area contributed by atoms with E-state index in [0.717, 1.165) is 11.5 Å². The predicted molar refractivity (Wildman–Crippen MR) is 90.9 cm³/mol. The van der Waals surface area contributed by atoms with Crippen LogP contribution in [0.3, 0.4) is 0 Å². The smallest absolute Gasteiger partial charge is 0.264 e. The maximum absolute atomic E-state index is 11.8. The van der Waals surface area contributed by atoms with Crippen LogP contribution in [0.15, 0.2) is 45.5 Å². The Morgan fingerprint density at radius 1 is 1.30 bits per heavy atom. The first-order valence-corrected chi connectivity index (χ1v) is 8.32. The van der Waals surface area contributed by atoms with Crippen molar-refractivity contribution in [2.75, 3.05) is 11.9 Å². The highest BCUT2D eigenvalue weighted by Crippen LogP contribution is 2.25. The number of carbonyl (C=O) groups excluding carboxylic acids is 1. The number of aromatic nitrogens is 2. The van der Waals surface area contributed by atoms with Crippen molar-refractivity contribution in [3.05, 3.63) is 46.1 Å². The fraction of sp³-hybridized carbons (Fsp3) is 0.0714. The van der Waals surface area contributed by atoms with Crippen LogP contribution in [0.5, 0.6) is 5.75 Å². The number of carbonyl (C=O) groups is 1. The SMILES string of the molecule is O=C(COc1ccc(Cl)cc1)Nc1nc(-c2ccc(Br)o2)ns1. The van der Waals surface area contributed by atoms with Crippen LogP contribution in [0.2, 0.25) is 5.02 Å². The molecule has 0 bridgehead atoms. The number of amides is 1. The van der Waals surface area contributed by atoms with Gasteiger partial charge in [-0.25, -0.2) is 0 Å². The van der Waals surface area contributed by atoms with Gasteiger partial charge < -0.3 is 9.15 Å². The van der Waals surface area contributed by atoms with E-state index in [1.54, 1.807) is 36.4 Å². The van der Waals surface area contributed by atoms with Crippen molar-refractivity contribution in [3.63, 3.8) is 0 Å². The zero-order valence-corrected chi connectivity index (χ0v) is 14.6. The number of nitrogens with one attached hydrogen (secondary N) is 1. The summed E-state index contributed by atoms with van der Waals surface area (Å²) in [6, 6.07) is 10.2. The highest BCUT2D eigenvalue weighted by Gasteiger charge is 2.12. The Morgan fingerprint density at radius 3 is 2.78 bits per heavy atom.